The molecule has 0 unspecified atom stereocenters. The van der Waals surface area contributed by atoms with Crippen LogP contribution in [0.3, 0.4) is 0 Å². The Morgan fingerprint density at radius 3 is 2.78 bits per heavy atom. The number of fused-ring (bicyclic) bond motifs is 1. The molecular weight excluding hydrogens is 309 g/mol. The molecule has 1 heterocycles. The molecule has 18 heavy (non-hydrogen) atoms. The number of alkyl halides is 1. The van der Waals surface area contributed by atoms with E-state index < -0.39 is 0 Å². The van der Waals surface area contributed by atoms with Gasteiger partial charge in [-0.1, -0.05) is 24.6 Å². The number of thiophene rings is 1. The zero-order valence-electron chi connectivity index (χ0n) is 10.2. The number of benzene rings is 1. The molecule has 1 aromatic heterocycles. The molecule has 0 amide bonds. The Kier molecular flexibility index (Phi) is 6.75. The fraction of sp³-hybridized carbons (Fsp3) is 0.385. The lowest BCUT2D eigenvalue weighted by atomic mass is 10.1. The predicted molar refractivity (Wildman–Crippen MR) is 85.8 cm³/mol. The van der Waals surface area contributed by atoms with E-state index in [0.717, 1.165) is 24.7 Å². The Morgan fingerprint density at radius 1 is 1.33 bits per heavy atom. The quantitative estimate of drug-likeness (QED) is 0.697. The molecule has 0 radical (unpaired) electrons. The molecule has 0 spiro atoms. The number of halogens is 3. The zero-order chi connectivity index (χ0) is 12.3. The fourth-order valence-electron chi connectivity index (χ4n) is 1.93. The van der Waals surface area contributed by atoms with Gasteiger partial charge in [-0.2, -0.15) is 0 Å². The molecule has 1 aromatic carbocycles. The number of nitrogens with zero attached hydrogens (tertiary/aromatic N) is 1. The minimum Gasteiger partial charge on any atom is -0.298 e. The van der Waals surface area contributed by atoms with Gasteiger partial charge in [0.25, 0.3) is 0 Å². The molecule has 1 nitrogen and oxygen atoms in total. The van der Waals surface area contributed by atoms with Gasteiger partial charge in [0.2, 0.25) is 0 Å². The van der Waals surface area contributed by atoms with Crippen molar-refractivity contribution in [3.05, 3.63) is 34.2 Å². The van der Waals surface area contributed by atoms with Crippen molar-refractivity contribution in [1.82, 2.24) is 4.90 Å². The average Bonchev–Trinajstić information content (AvgIpc) is 2.73. The van der Waals surface area contributed by atoms with Crippen molar-refractivity contribution < 1.29 is 0 Å². The maximum Gasteiger partial charge on any atom is 0.0496 e. The monoisotopic (exact) mass is 323 g/mol. The van der Waals surface area contributed by atoms with Gasteiger partial charge in [-0.05, 0) is 29.6 Å². The molecule has 0 saturated heterocycles. The van der Waals surface area contributed by atoms with Crippen molar-refractivity contribution >= 4 is 57.0 Å². The van der Waals surface area contributed by atoms with Gasteiger partial charge >= 0.3 is 0 Å². The van der Waals surface area contributed by atoms with Crippen LogP contribution in [0.5, 0.6) is 0 Å². The van der Waals surface area contributed by atoms with Gasteiger partial charge in [-0.15, -0.1) is 35.3 Å². The lowest BCUT2D eigenvalue weighted by Crippen LogP contribution is -2.24. The van der Waals surface area contributed by atoms with Gasteiger partial charge in [0, 0.05) is 34.1 Å². The van der Waals surface area contributed by atoms with Crippen LogP contribution in [0.2, 0.25) is 5.02 Å². The first-order valence-corrected chi connectivity index (χ1v) is 7.48. The van der Waals surface area contributed by atoms with Crippen molar-refractivity contribution in [2.45, 2.75) is 13.5 Å². The summed E-state index contributed by atoms with van der Waals surface area (Å²) in [5.41, 5.74) is 1.31. The molecule has 0 saturated carbocycles. The highest BCUT2D eigenvalue weighted by atomic mass is 35.5. The van der Waals surface area contributed by atoms with Gasteiger partial charge in [-0.25, -0.2) is 0 Å². The van der Waals surface area contributed by atoms with Gasteiger partial charge in [-0.3, -0.25) is 4.90 Å². The second kappa shape index (κ2) is 7.56. The standard InChI is InChI=1S/C13H15Cl2NS.ClH/c1-2-16(7-6-14)8-10-9-17-12-5-3-4-11(15)13(10)12;/h3-5,9H,2,6-8H2,1H3;1H. The number of hydrogen-bond acceptors (Lipinski definition) is 2. The van der Waals surface area contributed by atoms with E-state index in [2.05, 4.69) is 23.3 Å². The van der Waals surface area contributed by atoms with Crippen LogP contribution in [0.4, 0.5) is 0 Å². The van der Waals surface area contributed by atoms with Crippen LogP contribution >= 0.6 is 46.9 Å². The Bertz CT molecular complexity index is 498. The van der Waals surface area contributed by atoms with E-state index in [1.807, 2.05) is 12.1 Å². The van der Waals surface area contributed by atoms with E-state index in [1.165, 1.54) is 15.6 Å². The lowest BCUT2D eigenvalue weighted by molar-refractivity contribution is 0.299. The van der Waals surface area contributed by atoms with Crippen molar-refractivity contribution in [3.8, 4) is 0 Å². The normalized spacial score (nSPS) is 10.9. The molecule has 0 fully saturated rings. The molecule has 0 aliphatic rings. The van der Waals surface area contributed by atoms with E-state index in [9.17, 15) is 0 Å². The largest absolute Gasteiger partial charge is 0.298 e. The molecule has 2 rings (SSSR count). The molecule has 0 aliphatic carbocycles. The maximum atomic E-state index is 6.27. The van der Waals surface area contributed by atoms with Crippen LogP contribution in [-0.4, -0.2) is 23.9 Å². The first-order valence-electron chi connectivity index (χ1n) is 5.69. The van der Waals surface area contributed by atoms with Crippen molar-refractivity contribution in [2.24, 2.45) is 0 Å². The summed E-state index contributed by atoms with van der Waals surface area (Å²) < 4.78 is 1.26. The van der Waals surface area contributed by atoms with E-state index in [0.29, 0.717) is 5.88 Å². The first-order chi connectivity index (χ1) is 8.26. The van der Waals surface area contributed by atoms with Crippen molar-refractivity contribution in [2.75, 3.05) is 19.0 Å². The fourth-order valence-corrected chi connectivity index (χ4v) is 3.50. The highest BCUT2D eigenvalue weighted by Crippen LogP contribution is 2.32. The van der Waals surface area contributed by atoms with Gasteiger partial charge < -0.3 is 0 Å². The summed E-state index contributed by atoms with van der Waals surface area (Å²) in [4.78, 5) is 2.33. The summed E-state index contributed by atoms with van der Waals surface area (Å²) in [6.45, 7) is 5.00. The van der Waals surface area contributed by atoms with Crippen LogP contribution in [0.15, 0.2) is 23.6 Å². The van der Waals surface area contributed by atoms with Gasteiger partial charge in [0.05, 0.1) is 0 Å². The first kappa shape index (κ1) is 16.1. The third-order valence-corrected chi connectivity index (χ3v) is 4.35. The van der Waals surface area contributed by atoms with Crippen LogP contribution in [0, 0.1) is 0 Å². The number of rotatable bonds is 5. The Balaban J connectivity index is 0.00000162. The SMILES string of the molecule is CCN(CCCl)Cc1csc2cccc(Cl)c12.Cl. The van der Waals surface area contributed by atoms with E-state index >= 15 is 0 Å². The predicted octanol–water partition coefficient (Wildman–Crippen LogP) is 5.04. The van der Waals surface area contributed by atoms with Crippen molar-refractivity contribution in [1.29, 1.82) is 0 Å². The lowest BCUT2D eigenvalue weighted by Gasteiger charge is -2.18. The minimum absolute atomic E-state index is 0. The van der Waals surface area contributed by atoms with E-state index in [4.69, 9.17) is 23.2 Å². The highest BCUT2D eigenvalue weighted by molar-refractivity contribution is 7.17. The second-order valence-electron chi connectivity index (χ2n) is 3.93. The molecule has 0 bridgehead atoms. The number of hydrogen-bond donors (Lipinski definition) is 0. The highest BCUT2D eigenvalue weighted by Gasteiger charge is 2.10. The smallest absolute Gasteiger partial charge is 0.0496 e. The summed E-state index contributed by atoms with van der Waals surface area (Å²) in [5, 5.41) is 4.25. The molecular formula is C13H16Cl3NS. The maximum absolute atomic E-state index is 6.27. The minimum atomic E-state index is 0. The molecule has 0 N–H and O–H groups in total. The topological polar surface area (TPSA) is 3.24 Å². The molecule has 2 aromatic rings. The molecule has 5 heteroatoms. The molecule has 0 aliphatic heterocycles. The average molecular weight is 325 g/mol. The summed E-state index contributed by atoms with van der Waals surface area (Å²) in [5.74, 6) is 0.670. The van der Waals surface area contributed by atoms with Crippen LogP contribution in [0.1, 0.15) is 12.5 Å². The summed E-state index contributed by atoms with van der Waals surface area (Å²) in [6.07, 6.45) is 0. The Morgan fingerprint density at radius 2 is 2.11 bits per heavy atom. The molecule has 100 valence electrons. The van der Waals surface area contributed by atoms with Crippen LogP contribution in [0.25, 0.3) is 10.1 Å². The summed E-state index contributed by atoms with van der Waals surface area (Å²) >= 11 is 13.8. The van der Waals surface area contributed by atoms with Crippen LogP contribution in [-0.2, 0) is 6.54 Å². The summed E-state index contributed by atoms with van der Waals surface area (Å²) in [7, 11) is 0. The third-order valence-electron chi connectivity index (χ3n) is 2.87. The van der Waals surface area contributed by atoms with E-state index in [1.54, 1.807) is 11.3 Å². The Labute approximate surface area is 128 Å². The van der Waals surface area contributed by atoms with E-state index in [-0.39, 0.29) is 12.4 Å². The Hall–Kier alpha value is 0.01000. The second-order valence-corrected chi connectivity index (χ2v) is 5.63. The van der Waals surface area contributed by atoms with Gasteiger partial charge in [0.15, 0.2) is 0 Å². The van der Waals surface area contributed by atoms with Gasteiger partial charge in [0.1, 0.15) is 0 Å². The van der Waals surface area contributed by atoms with Crippen molar-refractivity contribution in [3.63, 3.8) is 0 Å². The molecule has 0 atom stereocenters. The third kappa shape index (κ3) is 3.52. The zero-order valence-corrected chi connectivity index (χ0v) is 13.3. The van der Waals surface area contributed by atoms with Crippen LogP contribution < -0.4 is 0 Å². The summed E-state index contributed by atoms with van der Waals surface area (Å²) in [6, 6.07) is 6.08.